The van der Waals surface area contributed by atoms with E-state index in [1.165, 1.54) is 22.2 Å². The maximum Gasteiger partial charge on any atom is 0.308 e. The molecule has 0 spiro atoms. The highest BCUT2D eigenvalue weighted by atomic mass is 32.1. The second kappa shape index (κ2) is 7.44. The number of benzene rings is 1. The fourth-order valence-corrected chi connectivity index (χ4v) is 4.97. The van der Waals surface area contributed by atoms with Crippen LogP contribution in [0.2, 0.25) is 0 Å². The SMILES string of the molecule is O=C(CCn1cnc2sc3c(c2c1=O)CCCC3)OCc1nc2ccccc2o1. The molecule has 8 heteroatoms. The minimum atomic E-state index is -0.411. The van der Waals surface area contributed by atoms with E-state index in [0.717, 1.165) is 40.6 Å². The minimum Gasteiger partial charge on any atom is -0.456 e. The van der Waals surface area contributed by atoms with Gasteiger partial charge in [-0.25, -0.2) is 9.97 Å². The summed E-state index contributed by atoms with van der Waals surface area (Å²) >= 11 is 1.62. The Morgan fingerprint density at radius 3 is 3.00 bits per heavy atom. The lowest BCUT2D eigenvalue weighted by Crippen LogP contribution is -2.23. The number of aryl methyl sites for hydroxylation is 3. The Morgan fingerprint density at radius 1 is 1.24 bits per heavy atom. The molecule has 0 amide bonds. The Morgan fingerprint density at radius 2 is 2.10 bits per heavy atom. The lowest BCUT2D eigenvalue weighted by Gasteiger charge is -2.10. The molecule has 148 valence electrons. The fraction of sp³-hybridized carbons (Fsp3) is 0.333. The highest BCUT2D eigenvalue weighted by Gasteiger charge is 2.20. The molecule has 1 aromatic carbocycles. The normalized spacial score (nSPS) is 13.7. The van der Waals surface area contributed by atoms with Crippen molar-refractivity contribution in [2.75, 3.05) is 0 Å². The molecule has 3 heterocycles. The Bertz CT molecular complexity index is 1240. The molecule has 0 fully saturated rings. The molecule has 4 aromatic rings. The summed E-state index contributed by atoms with van der Waals surface area (Å²) in [6, 6.07) is 7.37. The van der Waals surface area contributed by atoms with Crippen LogP contribution in [-0.2, 0) is 35.5 Å². The Balaban J connectivity index is 1.26. The number of carbonyl (C=O) groups excluding carboxylic acids is 1. The van der Waals surface area contributed by atoms with Gasteiger partial charge < -0.3 is 9.15 Å². The van der Waals surface area contributed by atoms with E-state index < -0.39 is 5.97 Å². The van der Waals surface area contributed by atoms with Gasteiger partial charge in [0.15, 0.2) is 12.2 Å². The number of aromatic nitrogens is 3. The predicted octanol–water partition coefficient (Wildman–Crippen LogP) is 3.61. The van der Waals surface area contributed by atoms with Crippen LogP contribution in [0.15, 0.2) is 39.8 Å². The van der Waals surface area contributed by atoms with Crippen molar-refractivity contribution in [3.05, 3.63) is 57.3 Å². The van der Waals surface area contributed by atoms with Gasteiger partial charge in [-0.1, -0.05) is 12.1 Å². The number of para-hydroxylation sites is 2. The number of nitrogens with zero attached hydrogens (tertiary/aromatic N) is 3. The number of ether oxygens (including phenoxy) is 1. The van der Waals surface area contributed by atoms with Gasteiger partial charge >= 0.3 is 5.97 Å². The summed E-state index contributed by atoms with van der Waals surface area (Å²) in [4.78, 5) is 35.9. The van der Waals surface area contributed by atoms with Crippen molar-refractivity contribution in [3.63, 3.8) is 0 Å². The van der Waals surface area contributed by atoms with Crippen molar-refractivity contribution in [1.82, 2.24) is 14.5 Å². The van der Waals surface area contributed by atoms with Crippen LogP contribution in [0.3, 0.4) is 0 Å². The highest BCUT2D eigenvalue weighted by molar-refractivity contribution is 7.18. The molecule has 7 nitrogen and oxygen atoms in total. The number of carbonyl (C=O) groups is 1. The summed E-state index contributed by atoms with van der Waals surface area (Å²) in [5.74, 6) is -0.0590. The van der Waals surface area contributed by atoms with E-state index in [1.54, 1.807) is 11.3 Å². The molecule has 5 rings (SSSR count). The molecule has 3 aromatic heterocycles. The molecule has 1 aliphatic carbocycles. The molecule has 0 bridgehead atoms. The molecule has 0 unspecified atom stereocenters. The third-order valence-corrected chi connectivity index (χ3v) is 6.39. The third-order valence-electron chi connectivity index (χ3n) is 5.19. The largest absolute Gasteiger partial charge is 0.456 e. The lowest BCUT2D eigenvalue weighted by atomic mass is 9.97. The monoisotopic (exact) mass is 409 g/mol. The van der Waals surface area contributed by atoms with Crippen molar-refractivity contribution in [3.8, 4) is 0 Å². The van der Waals surface area contributed by atoms with Gasteiger partial charge in [0.2, 0.25) is 5.89 Å². The first-order chi connectivity index (χ1) is 14.2. The molecule has 0 atom stereocenters. The summed E-state index contributed by atoms with van der Waals surface area (Å²) < 4.78 is 12.3. The first kappa shape index (κ1) is 18.1. The van der Waals surface area contributed by atoms with Gasteiger partial charge in [-0.05, 0) is 43.4 Å². The maximum absolute atomic E-state index is 12.9. The van der Waals surface area contributed by atoms with Gasteiger partial charge in [0.25, 0.3) is 5.56 Å². The third kappa shape index (κ3) is 3.44. The number of fused-ring (bicyclic) bond motifs is 4. The van der Waals surface area contributed by atoms with E-state index >= 15 is 0 Å². The van der Waals surface area contributed by atoms with Crippen LogP contribution in [-0.4, -0.2) is 20.5 Å². The van der Waals surface area contributed by atoms with Gasteiger partial charge in [0, 0.05) is 11.4 Å². The van der Waals surface area contributed by atoms with Crippen LogP contribution in [0.4, 0.5) is 0 Å². The van der Waals surface area contributed by atoms with Crippen LogP contribution >= 0.6 is 11.3 Å². The molecule has 0 radical (unpaired) electrons. The fourth-order valence-electron chi connectivity index (χ4n) is 3.75. The summed E-state index contributed by atoms with van der Waals surface area (Å²) in [6.45, 7) is 0.205. The van der Waals surface area contributed by atoms with Crippen molar-refractivity contribution >= 4 is 38.6 Å². The van der Waals surface area contributed by atoms with E-state index in [4.69, 9.17) is 9.15 Å². The Hall–Kier alpha value is -3.00. The maximum atomic E-state index is 12.9. The first-order valence-corrected chi connectivity index (χ1v) is 10.5. The zero-order valence-electron chi connectivity index (χ0n) is 15.7. The van der Waals surface area contributed by atoms with E-state index in [2.05, 4.69) is 9.97 Å². The zero-order valence-corrected chi connectivity index (χ0v) is 16.5. The molecule has 0 saturated carbocycles. The van der Waals surface area contributed by atoms with Crippen LogP contribution in [0.1, 0.15) is 35.6 Å². The second-order valence-electron chi connectivity index (χ2n) is 7.12. The lowest BCUT2D eigenvalue weighted by molar-refractivity contribution is -0.145. The van der Waals surface area contributed by atoms with Crippen molar-refractivity contribution in [2.24, 2.45) is 0 Å². The molecule has 0 saturated heterocycles. The summed E-state index contributed by atoms with van der Waals surface area (Å²) in [5.41, 5.74) is 2.47. The van der Waals surface area contributed by atoms with Gasteiger partial charge in [-0.3, -0.25) is 14.2 Å². The van der Waals surface area contributed by atoms with Crippen LogP contribution < -0.4 is 5.56 Å². The van der Waals surface area contributed by atoms with Crippen molar-refractivity contribution < 1.29 is 13.9 Å². The average molecular weight is 409 g/mol. The highest BCUT2D eigenvalue weighted by Crippen LogP contribution is 2.33. The molecule has 0 N–H and O–H groups in total. The van der Waals surface area contributed by atoms with Crippen LogP contribution in [0.25, 0.3) is 21.3 Å². The van der Waals surface area contributed by atoms with E-state index in [9.17, 15) is 9.59 Å². The van der Waals surface area contributed by atoms with Crippen LogP contribution in [0, 0.1) is 0 Å². The first-order valence-electron chi connectivity index (χ1n) is 9.69. The van der Waals surface area contributed by atoms with E-state index in [-0.39, 0.29) is 25.1 Å². The minimum absolute atomic E-state index is 0.0300. The number of thiophene rings is 1. The zero-order chi connectivity index (χ0) is 19.8. The van der Waals surface area contributed by atoms with Gasteiger partial charge in [-0.2, -0.15) is 0 Å². The number of esters is 1. The standard InChI is InChI=1S/C21H19N3O4S/c25-18(27-11-17-23-14-6-2-3-7-15(14)28-17)9-10-24-12-22-20-19(21(24)26)13-5-1-4-8-16(13)29-20/h2-3,6-7,12H,1,4-5,8-11H2. The summed E-state index contributed by atoms with van der Waals surface area (Å²) in [5, 5.41) is 0.729. The van der Waals surface area contributed by atoms with Gasteiger partial charge in [0.1, 0.15) is 10.3 Å². The Labute approximate surface area is 170 Å². The van der Waals surface area contributed by atoms with E-state index in [1.807, 2.05) is 24.3 Å². The predicted molar refractivity (Wildman–Crippen MR) is 109 cm³/mol. The Kier molecular flexibility index (Phi) is 4.63. The number of rotatable bonds is 5. The van der Waals surface area contributed by atoms with Crippen molar-refractivity contribution in [2.45, 2.75) is 45.3 Å². The number of hydrogen-bond acceptors (Lipinski definition) is 7. The molecular formula is C21H19N3O4S. The topological polar surface area (TPSA) is 87.2 Å². The second-order valence-corrected chi connectivity index (χ2v) is 8.20. The number of oxazole rings is 1. The molecule has 1 aliphatic rings. The van der Waals surface area contributed by atoms with Gasteiger partial charge in [0.05, 0.1) is 18.1 Å². The molecular weight excluding hydrogens is 390 g/mol. The average Bonchev–Trinajstić information content (AvgIpc) is 3.33. The van der Waals surface area contributed by atoms with E-state index in [0.29, 0.717) is 11.5 Å². The quantitative estimate of drug-likeness (QED) is 0.468. The number of hydrogen-bond donors (Lipinski definition) is 0. The summed E-state index contributed by atoms with van der Waals surface area (Å²) in [7, 11) is 0. The summed E-state index contributed by atoms with van der Waals surface area (Å²) in [6.07, 6.45) is 5.84. The van der Waals surface area contributed by atoms with Crippen molar-refractivity contribution in [1.29, 1.82) is 0 Å². The van der Waals surface area contributed by atoms with Crippen LogP contribution in [0.5, 0.6) is 0 Å². The molecule has 0 aliphatic heterocycles. The molecule has 29 heavy (non-hydrogen) atoms. The van der Waals surface area contributed by atoms with Gasteiger partial charge in [-0.15, -0.1) is 11.3 Å². The smallest absolute Gasteiger partial charge is 0.308 e.